The molecule has 0 aliphatic carbocycles. The summed E-state index contributed by atoms with van der Waals surface area (Å²) < 4.78 is 15.8. The van der Waals surface area contributed by atoms with Crippen LogP contribution >= 0.6 is 0 Å². The van der Waals surface area contributed by atoms with E-state index in [2.05, 4.69) is 18.0 Å². The van der Waals surface area contributed by atoms with E-state index in [9.17, 15) is 4.39 Å². The van der Waals surface area contributed by atoms with Crippen molar-refractivity contribution in [3.05, 3.63) is 84.7 Å². The minimum absolute atomic E-state index is 0.192. The molecule has 0 aliphatic rings. The van der Waals surface area contributed by atoms with Gasteiger partial charge in [-0.15, -0.1) is 0 Å². The van der Waals surface area contributed by atoms with Gasteiger partial charge in [-0.1, -0.05) is 48.5 Å². The molecule has 0 N–H and O–H groups in total. The Labute approximate surface area is 129 Å². The fourth-order valence-electron chi connectivity index (χ4n) is 2.36. The van der Waals surface area contributed by atoms with E-state index in [1.54, 1.807) is 24.7 Å². The third-order valence-corrected chi connectivity index (χ3v) is 3.69. The lowest BCUT2D eigenvalue weighted by atomic mass is 10.0. The van der Waals surface area contributed by atoms with E-state index < -0.39 is 0 Å². The van der Waals surface area contributed by atoms with E-state index in [4.69, 9.17) is 0 Å². The third kappa shape index (κ3) is 3.14. The van der Waals surface area contributed by atoms with Crippen LogP contribution in [-0.4, -0.2) is 9.55 Å². The molecule has 1 aromatic heterocycles. The van der Waals surface area contributed by atoms with Crippen molar-refractivity contribution >= 4 is 5.57 Å². The molecule has 3 rings (SSSR count). The smallest absolute Gasteiger partial charge is 0.131 e. The number of allylic oxidation sites excluding steroid dienone is 2. The van der Waals surface area contributed by atoms with Gasteiger partial charge in [0.15, 0.2) is 0 Å². The SMILES string of the molecule is C/C(=C/Cn1ccnc1)c1ccc(-c2ccccc2F)cc1. The molecule has 0 spiro atoms. The van der Waals surface area contributed by atoms with E-state index in [1.165, 1.54) is 11.6 Å². The number of benzene rings is 2. The summed E-state index contributed by atoms with van der Waals surface area (Å²) in [6.07, 6.45) is 7.66. The molecule has 0 radical (unpaired) electrons. The standard InChI is InChI=1S/C19H17FN2/c1-15(10-12-22-13-11-21-14-22)16-6-8-17(9-7-16)18-4-2-3-5-19(18)20/h2-11,13-14H,12H2,1H3/b15-10-. The summed E-state index contributed by atoms with van der Waals surface area (Å²) >= 11 is 0. The number of aromatic nitrogens is 2. The number of nitrogens with zero attached hydrogens (tertiary/aromatic N) is 2. The van der Waals surface area contributed by atoms with Crippen LogP contribution < -0.4 is 0 Å². The van der Waals surface area contributed by atoms with E-state index in [0.717, 1.165) is 17.7 Å². The Hall–Kier alpha value is -2.68. The molecule has 3 aromatic rings. The van der Waals surface area contributed by atoms with Gasteiger partial charge in [0.1, 0.15) is 5.82 Å². The highest BCUT2D eigenvalue weighted by molar-refractivity contribution is 5.69. The molecule has 0 unspecified atom stereocenters. The van der Waals surface area contributed by atoms with Crippen LogP contribution in [0.3, 0.4) is 0 Å². The second-order valence-corrected chi connectivity index (χ2v) is 5.20. The summed E-state index contributed by atoms with van der Waals surface area (Å²) in [7, 11) is 0. The fourth-order valence-corrected chi connectivity index (χ4v) is 2.36. The molecule has 0 atom stereocenters. The fraction of sp³-hybridized carbons (Fsp3) is 0.105. The molecule has 0 fully saturated rings. The van der Waals surface area contributed by atoms with Crippen molar-refractivity contribution in [3.8, 4) is 11.1 Å². The summed E-state index contributed by atoms with van der Waals surface area (Å²) in [6.45, 7) is 2.87. The van der Waals surface area contributed by atoms with Gasteiger partial charge in [-0.3, -0.25) is 0 Å². The molecule has 110 valence electrons. The lowest BCUT2D eigenvalue weighted by Crippen LogP contribution is -1.91. The second-order valence-electron chi connectivity index (χ2n) is 5.20. The monoisotopic (exact) mass is 292 g/mol. The van der Waals surface area contributed by atoms with Gasteiger partial charge >= 0.3 is 0 Å². The van der Waals surface area contributed by atoms with E-state index in [0.29, 0.717) is 5.56 Å². The molecular weight excluding hydrogens is 275 g/mol. The second kappa shape index (κ2) is 6.39. The van der Waals surface area contributed by atoms with Crippen molar-refractivity contribution in [1.29, 1.82) is 0 Å². The summed E-state index contributed by atoms with van der Waals surface area (Å²) in [4.78, 5) is 4.02. The lowest BCUT2D eigenvalue weighted by Gasteiger charge is -2.06. The van der Waals surface area contributed by atoms with E-state index >= 15 is 0 Å². The third-order valence-electron chi connectivity index (χ3n) is 3.69. The van der Waals surface area contributed by atoms with Gasteiger partial charge in [0.25, 0.3) is 0 Å². The van der Waals surface area contributed by atoms with Gasteiger partial charge < -0.3 is 4.57 Å². The highest BCUT2D eigenvalue weighted by Gasteiger charge is 2.04. The van der Waals surface area contributed by atoms with Crippen molar-refractivity contribution < 1.29 is 4.39 Å². The predicted octanol–water partition coefficient (Wildman–Crippen LogP) is 4.79. The Kier molecular flexibility index (Phi) is 4.15. The largest absolute Gasteiger partial charge is 0.334 e. The van der Waals surface area contributed by atoms with Crippen LogP contribution in [-0.2, 0) is 6.54 Å². The normalized spacial score (nSPS) is 11.6. The minimum Gasteiger partial charge on any atom is -0.334 e. The topological polar surface area (TPSA) is 17.8 Å². The van der Waals surface area contributed by atoms with Gasteiger partial charge in [-0.05, 0) is 29.7 Å². The summed E-state index contributed by atoms with van der Waals surface area (Å²) in [5, 5.41) is 0. The van der Waals surface area contributed by atoms with Crippen LogP contribution in [0.15, 0.2) is 73.3 Å². The molecule has 0 aliphatic heterocycles. The number of imidazole rings is 1. The van der Waals surface area contributed by atoms with Crippen LogP contribution in [0, 0.1) is 5.82 Å². The average molecular weight is 292 g/mol. The summed E-state index contributed by atoms with van der Waals surface area (Å²) in [5.41, 5.74) is 3.85. The van der Waals surface area contributed by atoms with Gasteiger partial charge in [0, 0.05) is 24.5 Å². The van der Waals surface area contributed by atoms with Crippen LogP contribution in [0.4, 0.5) is 4.39 Å². The Bertz CT molecular complexity index is 771. The van der Waals surface area contributed by atoms with Gasteiger partial charge in [0.2, 0.25) is 0 Å². The summed E-state index contributed by atoms with van der Waals surface area (Å²) in [6, 6.07) is 14.8. The van der Waals surface area contributed by atoms with Gasteiger partial charge in [-0.25, -0.2) is 9.37 Å². The van der Waals surface area contributed by atoms with Gasteiger partial charge in [-0.2, -0.15) is 0 Å². The molecular formula is C19H17FN2. The highest BCUT2D eigenvalue weighted by atomic mass is 19.1. The molecule has 2 aromatic carbocycles. The molecule has 1 heterocycles. The first-order valence-electron chi connectivity index (χ1n) is 7.22. The molecule has 0 amide bonds. The summed E-state index contributed by atoms with van der Waals surface area (Å²) in [5.74, 6) is -0.192. The molecule has 0 saturated carbocycles. The van der Waals surface area contributed by atoms with Crippen molar-refractivity contribution in [3.63, 3.8) is 0 Å². The van der Waals surface area contributed by atoms with E-state index in [-0.39, 0.29) is 5.82 Å². The van der Waals surface area contributed by atoms with Crippen molar-refractivity contribution in [1.82, 2.24) is 9.55 Å². The Balaban J connectivity index is 1.79. The maximum Gasteiger partial charge on any atom is 0.131 e. The first-order chi connectivity index (χ1) is 10.7. The van der Waals surface area contributed by atoms with Crippen molar-refractivity contribution in [2.45, 2.75) is 13.5 Å². The number of hydrogen-bond acceptors (Lipinski definition) is 1. The maximum atomic E-state index is 13.8. The van der Waals surface area contributed by atoms with Crippen LogP contribution in [0.25, 0.3) is 16.7 Å². The number of halogens is 1. The predicted molar refractivity (Wildman–Crippen MR) is 87.7 cm³/mol. The van der Waals surface area contributed by atoms with Gasteiger partial charge in [0.05, 0.1) is 6.33 Å². The lowest BCUT2D eigenvalue weighted by molar-refractivity contribution is 0.631. The molecule has 2 nitrogen and oxygen atoms in total. The average Bonchev–Trinajstić information content (AvgIpc) is 3.07. The zero-order chi connectivity index (χ0) is 15.4. The maximum absolute atomic E-state index is 13.8. The van der Waals surface area contributed by atoms with Crippen LogP contribution in [0.1, 0.15) is 12.5 Å². The number of hydrogen-bond donors (Lipinski definition) is 0. The first kappa shape index (κ1) is 14.3. The minimum atomic E-state index is -0.192. The van der Waals surface area contributed by atoms with E-state index in [1.807, 2.05) is 41.1 Å². The van der Waals surface area contributed by atoms with Crippen LogP contribution in [0.5, 0.6) is 0 Å². The molecule has 22 heavy (non-hydrogen) atoms. The van der Waals surface area contributed by atoms with Crippen molar-refractivity contribution in [2.24, 2.45) is 0 Å². The first-order valence-corrected chi connectivity index (χ1v) is 7.22. The number of rotatable bonds is 4. The molecule has 3 heteroatoms. The quantitative estimate of drug-likeness (QED) is 0.676. The van der Waals surface area contributed by atoms with Crippen LogP contribution in [0.2, 0.25) is 0 Å². The van der Waals surface area contributed by atoms with Crippen molar-refractivity contribution in [2.75, 3.05) is 0 Å². The zero-order valence-corrected chi connectivity index (χ0v) is 12.4. The molecule has 0 bridgehead atoms. The molecule has 0 saturated heterocycles. The highest BCUT2D eigenvalue weighted by Crippen LogP contribution is 2.24. The zero-order valence-electron chi connectivity index (χ0n) is 12.4. The Morgan fingerprint density at radius 1 is 1.14 bits per heavy atom. The Morgan fingerprint density at radius 3 is 2.59 bits per heavy atom. The Morgan fingerprint density at radius 2 is 1.91 bits per heavy atom.